The molecule has 0 fully saturated rings. The van der Waals surface area contributed by atoms with Gasteiger partial charge in [-0.2, -0.15) is 0 Å². The Bertz CT molecular complexity index is 261. The van der Waals surface area contributed by atoms with Crippen molar-refractivity contribution in [2.45, 2.75) is 85.2 Å². The fourth-order valence-corrected chi connectivity index (χ4v) is 2.04. The lowest BCUT2D eigenvalue weighted by Gasteiger charge is -2.24. The molecular formula is C17H32O2. The Labute approximate surface area is 119 Å². The van der Waals surface area contributed by atoms with Gasteiger partial charge in [-0.3, -0.25) is 4.79 Å². The van der Waals surface area contributed by atoms with Crippen LogP contribution >= 0.6 is 0 Å². The molecular weight excluding hydrogens is 236 g/mol. The van der Waals surface area contributed by atoms with E-state index in [1.54, 1.807) is 0 Å². The molecule has 0 aromatic rings. The van der Waals surface area contributed by atoms with Crippen molar-refractivity contribution in [3.05, 3.63) is 12.2 Å². The van der Waals surface area contributed by atoms with Gasteiger partial charge in [0.25, 0.3) is 0 Å². The van der Waals surface area contributed by atoms with E-state index in [0.29, 0.717) is 0 Å². The van der Waals surface area contributed by atoms with Crippen molar-refractivity contribution in [3.63, 3.8) is 0 Å². The summed E-state index contributed by atoms with van der Waals surface area (Å²) in [5, 5.41) is 0. The minimum Gasteiger partial charge on any atom is -0.460 e. The van der Waals surface area contributed by atoms with E-state index in [9.17, 15) is 4.79 Å². The number of hydrogen-bond acceptors (Lipinski definition) is 2. The van der Waals surface area contributed by atoms with E-state index in [1.165, 1.54) is 0 Å². The van der Waals surface area contributed by atoms with Gasteiger partial charge in [0.2, 0.25) is 0 Å². The van der Waals surface area contributed by atoms with Crippen LogP contribution in [0.5, 0.6) is 0 Å². The first-order valence-corrected chi connectivity index (χ1v) is 7.74. The van der Waals surface area contributed by atoms with Gasteiger partial charge in [0.05, 0.1) is 5.92 Å². The molecule has 0 bridgehead atoms. The zero-order valence-electron chi connectivity index (χ0n) is 13.5. The molecule has 2 nitrogen and oxygen atoms in total. The second-order valence-corrected chi connectivity index (χ2v) is 6.23. The molecule has 0 saturated heterocycles. The first kappa shape index (κ1) is 18.2. The highest BCUT2D eigenvalue weighted by Crippen LogP contribution is 2.21. The van der Waals surface area contributed by atoms with Gasteiger partial charge in [-0.1, -0.05) is 38.3 Å². The highest BCUT2D eigenvalue weighted by atomic mass is 16.6. The van der Waals surface area contributed by atoms with Crippen LogP contribution in [-0.2, 0) is 9.53 Å². The van der Waals surface area contributed by atoms with E-state index in [1.807, 2.05) is 27.7 Å². The van der Waals surface area contributed by atoms with Crippen molar-refractivity contribution in [2.24, 2.45) is 5.92 Å². The summed E-state index contributed by atoms with van der Waals surface area (Å²) in [5.41, 5.74) is -0.369. The summed E-state index contributed by atoms with van der Waals surface area (Å²) in [6.45, 7) is 10.0. The molecule has 0 heterocycles. The Kier molecular flexibility index (Phi) is 9.63. The third kappa shape index (κ3) is 10.8. The van der Waals surface area contributed by atoms with Crippen molar-refractivity contribution in [2.75, 3.05) is 0 Å². The lowest BCUT2D eigenvalue weighted by molar-refractivity contribution is -0.160. The van der Waals surface area contributed by atoms with Crippen molar-refractivity contribution in [1.82, 2.24) is 0 Å². The molecule has 0 aliphatic carbocycles. The summed E-state index contributed by atoms with van der Waals surface area (Å²) in [7, 11) is 0. The van der Waals surface area contributed by atoms with Gasteiger partial charge in [-0.15, -0.1) is 0 Å². The lowest BCUT2D eigenvalue weighted by atomic mass is 9.95. The first-order valence-electron chi connectivity index (χ1n) is 7.74. The van der Waals surface area contributed by atoms with E-state index in [-0.39, 0.29) is 17.5 Å². The van der Waals surface area contributed by atoms with Crippen LogP contribution in [0.4, 0.5) is 0 Å². The van der Waals surface area contributed by atoms with Crippen molar-refractivity contribution >= 4 is 5.97 Å². The minimum absolute atomic E-state index is 0.00742. The topological polar surface area (TPSA) is 26.3 Å². The number of esters is 1. The Morgan fingerprint density at radius 1 is 1.16 bits per heavy atom. The summed E-state index contributed by atoms with van der Waals surface area (Å²) in [5.74, 6) is 0.0803. The average molecular weight is 268 g/mol. The third-order valence-corrected chi connectivity index (χ3v) is 3.06. The molecule has 0 N–H and O–H groups in total. The summed E-state index contributed by atoms with van der Waals surface area (Å²) in [6.07, 6.45) is 11.8. The zero-order valence-corrected chi connectivity index (χ0v) is 13.5. The zero-order chi connectivity index (χ0) is 14.7. The predicted octanol–water partition coefficient (Wildman–Crippen LogP) is 5.27. The van der Waals surface area contributed by atoms with Gasteiger partial charge in [-0.05, 0) is 53.4 Å². The van der Waals surface area contributed by atoms with Crippen molar-refractivity contribution < 1.29 is 9.53 Å². The smallest absolute Gasteiger partial charge is 0.309 e. The number of hydrogen-bond donors (Lipinski definition) is 0. The fraction of sp³-hybridized carbons (Fsp3) is 0.824. The maximum Gasteiger partial charge on any atom is 0.309 e. The number of carbonyl (C=O) groups is 1. The fourth-order valence-electron chi connectivity index (χ4n) is 2.04. The van der Waals surface area contributed by atoms with Crippen LogP contribution < -0.4 is 0 Å². The number of rotatable bonds is 9. The summed E-state index contributed by atoms with van der Waals surface area (Å²) in [6, 6.07) is 0. The Hall–Kier alpha value is -0.790. The van der Waals surface area contributed by atoms with Crippen LogP contribution in [0.2, 0.25) is 0 Å². The molecule has 0 rings (SSSR count). The maximum atomic E-state index is 12.1. The highest BCUT2D eigenvalue weighted by molar-refractivity contribution is 5.72. The summed E-state index contributed by atoms with van der Waals surface area (Å²) in [4.78, 5) is 12.1. The molecule has 0 amide bonds. The monoisotopic (exact) mass is 268 g/mol. The second-order valence-electron chi connectivity index (χ2n) is 6.23. The molecule has 0 saturated carbocycles. The molecule has 2 heteroatoms. The van der Waals surface area contributed by atoms with Crippen molar-refractivity contribution in [3.8, 4) is 0 Å². The summed E-state index contributed by atoms with van der Waals surface area (Å²) >= 11 is 0. The molecule has 0 aromatic heterocycles. The molecule has 19 heavy (non-hydrogen) atoms. The van der Waals surface area contributed by atoms with E-state index in [4.69, 9.17) is 4.74 Å². The summed E-state index contributed by atoms with van der Waals surface area (Å²) < 4.78 is 5.52. The lowest BCUT2D eigenvalue weighted by Crippen LogP contribution is -2.28. The van der Waals surface area contributed by atoms with Crippen LogP contribution in [0.1, 0.15) is 79.6 Å². The number of carbonyl (C=O) groups excluding carboxylic acids is 1. The average Bonchev–Trinajstić information content (AvgIpc) is 2.30. The van der Waals surface area contributed by atoms with Crippen LogP contribution in [0.25, 0.3) is 0 Å². The molecule has 0 aromatic carbocycles. The van der Waals surface area contributed by atoms with Gasteiger partial charge in [-0.25, -0.2) is 0 Å². The van der Waals surface area contributed by atoms with Crippen LogP contribution in [0, 0.1) is 5.92 Å². The molecule has 1 atom stereocenters. The SMILES string of the molecule is CC=CCCCCC(CCCC)C(=O)OC(C)(C)C. The molecule has 0 aliphatic heterocycles. The van der Waals surface area contributed by atoms with Gasteiger partial charge < -0.3 is 4.74 Å². The van der Waals surface area contributed by atoms with E-state index in [2.05, 4.69) is 19.1 Å². The third-order valence-electron chi connectivity index (χ3n) is 3.06. The first-order chi connectivity index (χ1) is 8.90. The van der Waals surface area contributed by atoms with Crippen molar-refractivity contribution in [1.29, 1.82) is 0 Å². The largest absolute Gasteiger partial charge is 0.460 e. The number of allylic oxidation sites excluding steroid dienone is 2. The van der Waals surface area contributed by atoms with E-state index >= 15 is 0 Å². The molecule has 112 valence electrons. The molecule has 0 radical (unpaired) electrons. The van der Waals surface area contributed by atoms with Gasteiger partial charge in [0.15, 0.2) is 0 Å². The van der Waals surface area contributed by atoms with Crippen LogP contribution in [0.15, 0.2) is 12.2 Å². The Morgan fingerprint density at radius 2 is 1.79 bits per heavy atom. The van der Waals surface area contributed by atoms with Crippen LogP contribution in [0.3, 0.4) is 0 Å². The molecule has 0 aliphatic rings. The van der Waals surface area contributed by atoms with Gasteiger partial charge in [0.1, 0.15) is 5.60 Å². The minimum atomic E-state index is -0.369. The van der Waals surface area contributed by atoms with Gasteiger partial charge in [0, 0.05) is 0 Å². The maximum absolute atomic E-state index is 12.1. The molecule has 0 spiro atoms. The predicted molar refractivity (Wildman–Crippen MR) is 82.1 cm³/mol. The van der Waals surface area contributed by atoms with Crippen LogP contribution in [-0.4, -0.2) is 11.6 Å². The highest BCUT2D eigenvalue weighted by Gasteiger charge is 2.24. The standard InChI is InChI=1S/C17H32O2/c1-6-8-10-11-12-14-15(13-9-7-2)16(18)19-17(3,4)5/h6,8,15H,7,9-14H2,1-5H3. The second kappa shape index (κ2) is 10.1. The number of ether oxygens (including phenoxy) is 1. The Balaban J connectivity index is 4.17. The van der Waals surface area contributed by atoms with Gasteiger partial charge >= 0.3 is 5.97 Å². The number of unbranched alkanes of at least 4 members (excludes halogenated alkanes) is 3. The Morgan fingerprint density at radius 3 is 2.32 bits per heavy atom. The molecule has 1 unspecified atom stereocenters. The quantitative estimate of drug-likeness (QED) is 0.323. The normalized spacial score (nSPS) is 13.7. The van der Waals surface area contributed by atoms with E-state index in [0.717, 1.165) is 44.9 Å². The van der Waals surface area contributed by atoms with E-state index < -0.39 is 0 Å².